The third-order valence-corrected chi connectivity index (χ3v) is 4.19. The molecular weight excluding hydrogens is 367 g/mol. The summed E-state index contributed by atoms with van der Waals surface area (Å²) in [6.07, 6.45) is -4.65. The zero-order valence-electron chi connectivity index (χ0n) is 13.6. The van der Waals surface area contributed by atoms with Crippen LogP contribution in [0.2, 0.25) is 0 Å². The highest BCUT2D eigenvalue weighted by atomic mass is 32.2. The van der Waals surface area contributed by atoms with E-state index in [4.69, 9.17) is 4.74 Å². The topological polar surface area (TPSA) is 60.2 Å². The standard InChI is InChI=1S/C17H14F3N3O2S/c1-24-13-6-8-14(9-7-13)26-21-10-11-2-4-12(5-3-11)15-22-23-16(25-15)17(18,19)20/h2-9,21H,10H2,1H3. The predicted molar refractivity (Wildman–Crippen MR) is 90.4 cm³/mol. The minimum Gasteiger partial charge on any atom is -0.497 e. The maximum absolute atomic E-state index is 12.5. The van der Waals surface area contributed by atoms with Crippen LogP contribution >= 0.6 is 11.9 Å². The van der Waals surface area contributed by atoms with Gasteiger partial charge in [-0.05, 0) is 53.9 Å². The summed E-state index contributed by atoms with van der Waals surface area (Å²) in [5, 5.41) is 6.45. The maximum Gasteiger partial charge on any atom is 0.470 e. The summed E-state index contributed by atoms with van der Waals surface area (Å²) in [5.41, 5.74) is 1.39. The normalized spacial score (nSPS) is 11.5. The van der Waals surface area contributed by atoms with Gasteiger partial charge in [0.2, 0.25) is 5.89 Å². The number of benzene rings is 2. The second kappa shape index (κ2) is 7.79. The summed E-state index contributed by atoms with van der Waals surface area (Å²) in [4.78, 5) is 1.04. The zero-order valence-corrected chi connectivity index (χ0v) is 14.4. The van der Waals surface area contributed by atoms with E-state index in [1.165, 1.54) is 11.9 Å². The monoisotopic (exact) mass is 381 g/mol. The van der Waals surface area contributed by atoms with Crippen molar-refractivity contribution >= 4 is 11.9 Å². The first-order valence-corrected chi connectivity index (χ1v) is 8.31. The van der Waals surface area contributed by atoms with Crippen molar-refractivity contribution < 1.29 is 22.3 Å². The van der Waals surface area contributed by atoms with Crippen LogP contribution in [0, 0.1) is 0 Å². The third-order valence-electron chi connectivity index (χ3n) is 3.39. The fourth-order valence-corrected chi connectivity index (χ4v) is 2.74. The Balaban J connectivity index is 1.56. The Morgan fingerprint density at radius 3 is 2.31 bits per heavy atom. The van der Waals surface area contributed by atoms with Crippen LogP contribution in [-0.2, 0) is 12.7 Å². The molecule has 0 aliphatic rings. The van der Waals surface area contributed by atoms with Crippen molar-refractivity contribution in [3.63, 3.8) is 0 Å². The summed E-state index contributed by atoms with van der Waals surface area (Å²) in [5.74, 6) is -0.724. The first-order valence-electron chi connectivity index (χ1n) is 7.49. The van der Waals surface area contributed by atoms with Crippen molar-refractivity contribution in [3.8, 4) is 17.2 Å². The van der Waals surface area contributed by atoms with E-state index in [2.05, 4.69) is 19.3 Å². The van der Waals surface area contributed by atoms with E-state index in [1.807, 2.05) is 24.3 Å². The van der Waals surface area contributed by atoms with Gasteiger partial charge in [-0.3, -0.25) is 4.72 Å². The Hall–Kier alpha value is -2.52. The molecule has 0 atom stereocenters. The first kappa shape index (κ1) is 18.3. The number of hydrogen-bond donors (Lipinski definition) is 1. The van der Waals surface area contributed by atoms with E-state index in [0.29, 0.717) is 12.1 Å². The molecule has 3 rings (SSSR count). The van der Waals surface area contributed by atoms with Crippen LogP contribution < -0.4 is 9.46 Å². The van der Waals surface area contributed by atoms with Crippen molar-refractivity contribution in [2.45, 2.75) is 17.6 Å². The number of nitrogens with one attached hydrogen (secondary N) is 1. The molecule has 1 heterocycles. The Labute approximate surface area is 151 Å². The smallest absolute Gasteiger partial charge is 0.470 e. The van der Waals surface area contributed by atoms with E-state index in [0.717, 1.165) is 16.2 Å². The van der Waals surface area contributed by atoms with E-state index < -0.39 is 12.1 Å². The first-order chi connectivity index (χ1) is 12.5. The molecule has 0 aliphatic carbocycles. The van der Waals surface area contributed by atoms with Gasteiger partial charge < -0.3 is 9.15 Å². The van der Waals surface area contributed by atoms with Crippen LogP contribution in [-0.4, -0.2) is 17.3 Å². The molecule has 5 nitrogen and oxygen atoms in total. The molecular formula is C17H14F3N3O2S. The summed E-state index contributed by atoms with van der Waals surface area (Å²) < 4.78 is 50.4. The third kappa shape index (κ3) is 4.55. The molecule has 0 aliphatic heterocycles. The van der Waals surface area contributed by atoms with Gasteiger partial charge in [-0.1, -0.05) is 12.1 Å². The Kier molecular flexibility index (Phi) is 5.48. The van der Waals surface area contributed by atoms with E-state index in [9.17, 15) is 13.2 Å². The van der Waals surface area contributed by atoms with Crippen LogP contribution in [0.25, 0.3) is 11.5 Å². The molecule has 1 aromatic heterocycles. The molecule has 0 radical (unpaired) electrons. The molecule has 0 saturated heterocycles. The lowest BCUT2D eigenvalue weighted by Gasteiger charge is -2.06. The number of nitrogens with zero attached hydrogens (tertiary/aromatic N) is 2. The molecule has 1 N–H and O–H groups in total. The molecule has 26 heavy (non-hydrogen) atoms. The average Bonchev–Trinajstić information content (AvgIpc) is 3.13. The van der Waals surface area contributed by atoms with Crippen LogP contribution in [0.3, 0.4) is 0 Å². The second-order valence-corrected chi connectivity index (χ2v) is 6.17. The Morgan fingerprint density at radius 2 is 1.73 bits per heavy atom. The molecule has 0 unspecified atom stereocenters. The van der Waals surface area contributed by atoms with E-state index in [1.54, 1.807) is 31.4 Å². The maximum atomic E-state index is 12.5. The highest BCUT2D eigenvalue weighted by Crippen LogP contribution is 2.30. The minimum atomic E-state index is -4.65. The molecule has 3 aromatic rings. The fraction of sp³-hybridized carbons (Fsp3) is 0.176. The lowest BCUT2D eigenvalue weighted by Crippen LogP contribution is -2.04. The zero-order chi connectivity index (χ0) is 18.6. The molecule has 0 spiro atoms. The summed E-state index contributed by atoms with van der Waals surface area (Å²) in [6.45, 7) is 0.578. The molecule has 9 heteroatoms. The quantitative estimate of drug-likeness (QED) is 0.632. The average molecular weight is 381 g/mol. The summed E-state index contributed by atoms with van der Waals surface area (Å²) in [6, 6.07) is 14.5. The number of aromatic nitrogens is 2. The van der Waals surface area contributed by atoms with Gasteiger partial charge in [0.15, 0.2) is 0 Å². The SMILES string of the molecule is COc1ccc(SNCc2ccc(-c3nnc(C(F)(F)F)o3)cc2)cc1. The van der Waals surface area contributed by atoms with Crippen molar-refractivity contribution in [2.24, 2.45) is 0 Å². The second-order valence-electron chi connectivity index (χ2n) is 5.21. The van der Waals surface area contributed by atoms with Gasteiger partial charge in [-0.2, -0.15) is 13.2 Å². The number of ether oxygens (including phenoxy) is 1. The van der Waals surface area contributed by atoms with Crippen molar-refractivity contribution in [2.75, 3.05) is 7.11 Å². The Morgan fingerprint density at radius 1 is 1.04 bits per heavy atom. The van der Waals surface area contributed by atoms with Gasteiger partial charge in [0.25, 0.3) is 0 Å². The Bertz CT molecular complexity index is 849. The number of methoxy groups -OCH3 is 1. The number of hydrogen-bond acceptors (Lipinski definition) is 6. The number of alkyl halides is 3. The molecule has 136 valence electrons. The van der Waals surface area contributed by atoms with Gasteiger partial charge in [-0.15, -0.1) is 10.2 Å². The molecule has 0 fully saturated rings. The lowest BCUT2D eigenvalue weighted by atomic mass is 10.1. The molecule has 2 aromatic carbocycles. The molecule has 0 saturated carbocycles. The van der Waals surface area contributed by atoms with Crippen molar-refractivity contribution in [3.05, 3.63) is 60.0 Å². The number of rotatable bonds is 6. The highest BCUT2D eigenvalue weighted by Gasteiger charge is 2.38. The van der Waals surface area contributed by atoms with E-state index in [-0.39, 0.29) is 5.89 Å². The van der Waals surface area contributed by atoms with Gasteiger partial charge in [0.1, 0.15) is 5.75 Å². The summed E-state index contributed by atoms with van der Waals surface area (Å²) >= 11 is 1.47. The van der Waals surface area contributed by atoms with Gasteiger partial charge in [-0.25, -0.2) is 0 Å². The molecule has 0 amide bonds. The molecule has 0 bridgehead atoms. The van der Waals surface area contributed by atoms with Crippen LogP contribution in [0.5, 0.6) is 5.75 Å². The fourth-order valence-electron chi connectivity index (χ4n) is 2.07. The largest absolute Gasteiger partial charge is 0.497 e. The van der Waals surface area contributed by atoms with E-state index >= 15 is 0 Å². The summed E-state index contributed by atoms with van der Waals surface area (Å²) in [7, 11) is 1.61. The minimum absolute atomic E-state index is 0.163. The van der Waals surface area contributed by atoms with Gasteiger partial charge >= 0.3 is 12.1 Å². The number of halogens is 3. The predicted octanol–water partition coefficient (Wildman–Crippen LogP) is 4.56. The lowest BCUT2D eigenvalue weighted by molar-refractivity contribution is -0.156. The van der Waals surface area contributed by atoms with Crippen LogP contribution in [0.1, 0.15) is 11.5 Å². The highest BCUT2D eigenvalue weighted by molar-refractivity contribution is 7.97. The van der Waals surface area contributed by atoms with Crippen molar-refractivity contribution in [1.29, 1.82) is 0 Å². The van der Waals surface area contributed by atoms with Crippen LogP contribution in [0.4, 0.5) is 13.2 Å². The van der Waals surface area contributed by atoms with Gasteiger partial charge in [0.05, 0.1) is 7.11 Å². The van der Waals surface area contributed by atoms with Gasteiger partial charge in [0, 0.05) is 17.0 Å². The van der Waals surface area contributed by atoms with Crippen molar-refractivity contribution in [1.82, 2.24) is 14.9 Å². The van der Waals surface area contributed by atoms with Crippen LogP contribution in [0.15, 0.2) is 57.8 Å².